The highest BCUT2D eigenvalue weighted by atomic mass is 32.2. The van der Waals surface area contributed by atoms with Gasteiger partial charge in [-0.1, -0.05) is 0 Å². The minimum Gasteiger partial charge on any atom is -0.356 e. The number of hydrogen-bond acceptors (Lipinski definition) is 7. The number of piperazine rings is 1. The van der Waals surface area contributed by atoms with Gasteiger partial charge in [0.1, 0.15) is 17.8 Å². The van der Waals surface area contributed by atoms with Gasteiger partial charge in [-0.05, 0) is 56.9 Å². The maximum atomic E-state index is 13.2. The molecule has 1 atom stereocenters. The summed E-state index contributed by atoms with van der Waals surface area (Å²) < 4.78 is 28.1. The van der Waals surface area contributed by atoms with Crippen LogP contribution in [-0.2, 0) is 19.6 Å². The summed E-state index contributed by atoms with van der Waals surface area (Å²) in [4.78, 5) is 41.9. The lowest BCUT2D eigenvalue weighted by Gasteiger charge is -2.36. The smallest absolute Gasteiger partial charge is 0.312 e. The third-order valence-electron chi connectivity index (χ3n) is 8.38. The highest BCUT2D eigenvalue weighted by molar-refractivity contribution is 7.89. The standard InChI is InChI=1S/C25H37N7O4S/c1-3-30-12-13-31(25(34)24(30)33)14-19-9-11-32(15-19)37(35,36)16-18-4-6-20(7-5-18)29(2)23-21-8-10-26-22(21)27-17-28-23/h8,10,17-20H,3-7,9,11-16H2,1-2H3,(H,26,27,28). The summed E-state index contributed by atoms with van der Waals surface area (Å²) in [5, 5.41) is 0.997. The molecule has 12 heteroatoms. The second-order valence-electron chi connectivity index (χ2n) is 10.6. The molecule has 1 N–H and O–H groups in total. The van der Waals surface area contributed by atoms with Crippen molar-refractivity contribution in [2.45, 2.75) is 45.1 Å². The third kappa shape index (κ3) is 5.31. The highest BCUT2D eigenvalue weighted by Crippen LogP contribution is 2.33. The molecule has 3 aliphatic rings. The molecule has 1 aliphatic carbocycles. The van der Waals surface area contributed by atoms with E-state index in [9.17, 15) is 18.0 Å². The number of carbonyl (C=O) groups is 2. The van der Waals surface area contributed by atoms with Crippen LogP contribution in [0.25, 0.3) is 11.0 Å². The fourth-order valence-electron chi connectivity index (χ4n) is 6.12. The van der Waals surface area contributed by atoms with Gasteiger partial charge in [0.05, 0.1) is 11.1 Å². The molecule has 0 aromatic carbocycles. The van der Waals surface area contributed by atoms with Gasteiger partial charge >= 0.3 is 11.8 Å². The lowest BCUT2D eigenvalue weighted by molar-refractivity contribution is -0.156. The minimum absolute atomic E-state index is 0.0715. The Balaban J connectivity index is 1.11. The summed E-state index contributed by atoms with van der Waals surface area (Å²) in [6.07, 6.45) is 7.75. The third-order valence-corrected chi connectivity index (χ3v) is 10.4. The molecule has 37 heavy (non-hydrogen) atoms. The molecule has 2 aromatic rings. The Morgan fingerprint density at radius 3 is 2.49 bits per heavy atom. The fourth-order valence-corrected chi connectivity index (χ4v) is 8.08. The maximum Gasteiger partial charge on any atom is 0.312 e. The van der Waals surface area contributed by atoms with Crippen LogP contribution < -0.4 is 4.90 Å². The van der Waals surface area contributed by atoms with Gasteiger partial charge in [0, 0.05) is 58.6 Å². The van der Waals surface area contributed by atoms with E-state index >= 15 is 0 Å². The van der Waals surface area contributed by atoms with E-state index in [1.807, 2.05) is 19.2 Å². The van der Waals surface area contributed by atoms with Crippen LogP contribution in [0.3, 0.4) is 0 Å². The molecule has 4 heterocycles. The fraction of sp³-hybridized carbons (Fsp3) is 0.680. The van der Waals surface area contributed by atoms with Crippen molar-refractivity contribution < 1.29 is 18.0 Å². The van der Waals surface area contributed by atoms with E-state index in [1.165, 1.54) is 0 Å². The number of nitrogens with one attached hydrogen (secondary N) is 1. The Morgan fingerprint density at radius 1 is 1.00 bits per heavy atom. The van der Waals surface area contributed by atoms with E-state index < -0.39 is 21.8 Å². The number of hydrogen-bond donors (Lipinski definition) is 1. The zero-order chi connectivity index (χ0) is 26.2. The minimum atomic E-state index is -3.37. The molecule has 1 unspecified atom stereocenters. The summed E-state index contributed by atoms with van der Waals surface area (Å²) >= 11 is 0. The summed E-state index contributed by atoms with van der Waals surface area (Å²) in [6.45, 7) is 4.82. The first kappa shape index (κ1) is 25.9. The molecule has 202 valence electrons. The number of anilines is 1. The van der Waals surface area contributed by atoms with Crippen molar-refractivity contribution >= 4 is 38.7 Å². The van der Waals surface area contributed by atoms with Crippen LogP contribution in [0, 0.1) is 11.8 Å². The molecular weight excluding hydrogens is 494 g/mol. The predicted molar refractivity (Wildman–Crippen MR) is 140 cm³/mol. The van der Waals surface area contributed by atoms with Crippen LogP contribution >= 0.6 is 0 Å². The number of fused-ring (bicyclic) bond motifs is 1. The van der Waals surface area contributed by atoms with Crippen molar-refractivity contribution in [1.82, 2.24) is 29.1 Å². The van der Waals surface area contributed by atoms with E-state index in [4.69, 9.17) is 0 Å². The number of sulfonamides is 1. The molecule has 3 fully saturated rings. The van der Waals surface area contributed by atoms with Gasteiger partial charge < -0.3 is 19.7 Å². The Hall–Kier alpha value is -2.73. The van der Waals surface area contributed by atoms with Crippen LogP contribution in [0.15, 0.2) is 18.6 Å². The lowest BCUT2D eigenvalue weighted by Crippen LogP contribution is -2.55. The number of rotatable bonds is 8. The number of likely N-dealkylation sites (N-methyl/N-ethyl adjacent to an activating group) is 1. The van der Waals surface area contributed by atoms with Gasteiger partial charge in [-0.15, -0.1) is 0 Å². The maximum absolute atomic E-state index is 13.2. The normalized spacial score (nSPS) is 25.8. The lowest BCUT2D eigenvalue weighted by atomic mass is 9.86. The number of carbonyl (C=O) groups excluding carboxylic acids is 2. The Morgan fingerprint density at radius 2 is 1.73 bits per heavy atom. The highest BCUT2D eigenvalue weighted by Gasteiger charge is 2.38. The molecule has 0 spiro atoms. The van der Waals surface area contributed by atoms with Crippen LogP contribution in [-0.4, -0.2) is 107 Å². The SMILES string of the molecule is CCN1CCN(CC2CCN(S(=O)(=O)CC3CCC(N(C)c4ncnc5[nH]ccc45)CC3)C2)C(=O)C1=O. The van der Waals surface area contributed by atoms with Gasteiger partial charge in [0.15, 0.2) is 0 Å². The first-order valence-corrected chi connectivity index (χ1v) is 14.9. The first-order chi connectivity index (χ1) is 17.8. The van der Waals surface area contributed by atoms with Crippen LogP contribution in [0.5, 0.6) is 0 Å². The quantitative estimate of drug-likeness (QED) is 0.509. The Bertz CT molecular complexity index is 1240. The number of nitrogens with zero attached hydrogens (tertiary/aromatic N) is 6. The van der Waals surface area contributed by atoms with Crippen molar-refractivity contribution in [3.05, 3.63) is 18.6 Å². The van der Waals surface area contributed by atoms with Gasteiger partial charge in [-0.25, -0.2) is 22.7 Å². The molecule has 2 amide bonds. The second kappa shape index (κ2) is 10.6. The molecule has 2 aromatic heterocycles. The van der Waals surface area contributed by atoms with Gasteiger partial charge in [-0.2, -0.15) is 0 Å². The average molecular weight is 532 g/mol. The van der Waals surface area contributed by atoms with E-state index in [1.54, 1.807) is 20.4 Å². The molecule has 11 nitrogen and oxygen atoms in total. The predicted octanol–water partition coefficient (Wildman–Crippen LogP) is 1.30. The largest absolute Gasteiger partial charge is 0.356 e. The van der Waals surface area contributed by atoms with E-state index in [-0.39, 0.29) is 17.6 Å². The van der Waals surface area contributed by atoms with Gasteiger partial charge in [-0.3, -0.25) is 9.59 Å². The molecule has 2 aliphatic heterocycles. The van der Waals surface area contributed by atoms with Crippen molar-refractivity contribution in [2.24, 2.45) is 11.8 Å². The van der Waals surface area contributed by atoms with E-state index in [2.05, 4.69) is 26.9 Å². The van der Waals surface area contributed by atoms with Crippen molar-refractivity contribution in [1.29, 1.82) is 0 Å². The zero-order valence-corrected chi connectivity index (χ0v) is 22.5. The monoisotopic (exact) mass is 531 g/mol. The average Bonchev–Trinajstić information content (AvgIpc) is 3.57. The van der Waals surface area contributed by atoms with Gasteiger partial charge in [0.25, 0.3) is 0 Å². The summed E-state index contributed by atoms with van der Waals surface area (Å²) in [5.41, 5.74) is 0.819. The van der Waals surface area contributed by atoms with Gasteiger partial charge in [0.2, 0.25) is 10.0 Å². The molecule has 2 saturated heterocycles. The van der Waals surface area contributed by atoms with E-state index in [0.29, 0.717) is 45.3 Å². The zero-order valence-electron chi connectivity index (χ0n) is 21.7. The summed E-state index contributed by atoms with van der Waals surface area (Å²) in [6, 6.07) is 2.30. The van der Waals surface area contributed by atoms with Crippen molar-refractivity contribution in [3.63, 3.8) is 0 Å². The number of amides is 2. The first-order valence-electron chi connectivity index (χ1n) is 13.3. The molecule has 0 bridgehead atoms. The topological polar surface area (TPSA) is 123 Å². The molecule has 1 saturated carbocycles. The molecule has 0 radical (unpaired) electrons. The van der Waals surface area contributed by atoms with Crippen molar-refractivity contribution in [2.75, 3.05) is 57.0 Å². The molecule has 5 rings (SSSR count). The number of H-pyrrole nitrogens is 1. The van der Waals surface area contributed by atoms with Crippen molar-refractivity contribution in [3.8, 4) is 0 Å². The summed E-state index contributed by atoms with van der Waals surface area (Å²) in [5.74, 6) is 0.389. The van der Waals surface area contributed by atoms with Crippen LogP contribution in [0.1, 0.15) is 39.0 Å². The Kier molecular flexibility index (Phi) is 7.39. The van der Waals surface area contributed by atoms with E-state index in [0.717, 1.165) is 49.0 Å². The van der Waals surface area contributed by atoms with Crippen LogP contribution in [0.4, 0.5) is 5.82 Å². The summed E-state index contributed by atoms with van der Waals surface area (Å²) in [7, 11) is -1.31. The Labute approximate surface area is 218 Å². The number of aromatic amines is 1. The molecular formula is C25H37N7O4S. The number of aromatic nitrogens is 3. The second-order valence-corrected chi connectivity index (χ2v) is 12.7. The van der Waals surface area contributed by atoms with Crippen LogP contribution in [0.2, 0.25) is 0 Å².